The number of hydrogen-bond acceptors (Lipinski definition) is 7. The van der Waals surface area contributed by atoms with Crippen molar-refractivity contribution in [2.75, 3.05) is 24.6 Å². The zero-order chi connectivity index (χ0) is 16.0. The minimum Gasteiger partial charge on any atom is -0.481 e. The molecule has 21 heavy (non-hydrogen) atoms. The molecule has 0 saturated carbocycles. The van der Waals surface area contributed by atoms with Gasteiger partial charge in [0.2, 0.25) is 0 Å². The monoisotopic (exact) mass is 316 g/mol. The first kappa shape index (κ1) is 16.9. The SMILES string of the molecule is CCOC(=O)c1sc(N(CCC(=O)O)CC(=O)O)nc1C. The smallest absolute Gasteiger partial charge is 0.350 e. The van der Waals surface area contributed by atoms with E-state index in [1.54, 1.807) is 13.8 Å². The molecule has 9 heteroatoms. The van der Waals surface area contributed by atoms with Crippen LogP contribution in [0.25, 0.3) is 0 Å². The summed E-state index contributed by atoms with van der Waals surface area (Å²) in [7, 11) is 0. The molecule has 0 aliphatic heterocycles. The molecule has 0 unspecified atom stereocenters. The molecule has 0 aliphatic rings. The fourth-order valence-electron chi connectivity index (χ4n) is 1.54. The Morgan fingerprint density at radius 2 is 1.95 bits per heavy atom. The molecule has 8 nitrogen and oxygen atoms in total. The molecule has 1 aromatic heterocycles. The predicted octanol–water partition coefficient (Wildman–Crippen LogP) is 0.994. The van der Waals surface area contributed by atoms with Gasteiger partial charge in [-0.05, 0) is 13.8 Å². The lowest BCUT2D eigenvalue weighted by atomic mass is 10.4. The number of anilines is 1. The Morgan fingerprint density at radius 1 is 1.29 bits per heavy atom. The quantitative estimate of drug-likeness (QED) is 0.682. The first-order chi connectivity index (χ1) is 9.85. The summed E-state index contributed by atoms with van der Waals surface area (Å²) in [6, 6.07) is 0. The number of carbonyl (C=O) groups excluding carboxylic acids is 1. The first-order valence-electron chi connectivity index (χ1n) is 6.18. The van der Waals surface area contributed by atoms with Gasteiger partial charge in [-0.25, -0.2) is 9.78 Å². The van der Waals surface area contributed by atoms with E-state index in [1.165, 1.54) is 4.90 Å². The lowest BCUT2D eigenvalue weighted by molar-refractivity contribution is -0.138. The summed E-state index contributed by atoms with van der Waals surface area (Å²) in [6.45, 7) is 3.13. The number of aliphatic carboxylic acids is 2. The fraction of sp³-hybridized carbons (Fsp3) is 0.500. The number of ether oxygens (including phenoxy) is 1. The van der Waals surface area contributed by atoms with Crippen molar-refractivity contribution >= 4 is 34.4 Å². The van der Waals surface area contributed by atoms with Crippen molar-refractivity contribution in [3.63, 3.8) is 0 Å². The third-order valence-corrected chi connectivity index (χ3v) is 3.64. The highest BCUT2D eigenvalue weighted by atomic mass is 32.1. The molecule has 0 radical (unpaired) electrons. The van der Waals surface area contributed by atoms with Gasteiger partial charge in [0, 0.05) is 6.54 Å². The van der Waals surface area contributed by atoms with Crippen LogP contribution in [0.5, 0.6) is 0 Å². The van der Waals surface area contributed by atoms with Gasteiger partial charge in [-0.15, -0.1) is 0 Å². The Labute approximate surface area is 125 Å². The molecular weight excluding hydrogens is 300 g/mol. The van der Waals surface area contributed by atoms with Crippen molar-refractivity contribution in [3.8, 4) is 0 Å². The fourth-order valence-corrected chi connectivity index (χ4v) is 2.53. The number of esters is 1. The Morgan fingerprint density at radius 3 is 2.48 bits per heavy atom. The van der Waals surface area contributed by atoms with Crippen molar-refractivity contribution < 1.29 is 29.3 Å². The second-order valence-corrected chi connectivity index (χ2v) is 5.07. The van der Waals surface area contributed by atoms with Crippen molar-refractivity contribution in [1.82, 2.24) is 4.98 Å². The molecule has 1 aromatic rings. The van der Waals surface area contributed by atoms with Crippen molar-refractivity contribution in [2.45, 2.75) is 20.3 Å². The number of aryl methyl sites for hydroxylation is 1. The van der Waals surface area contributed by atoms with Gasteiger partial charge in [0.1, 0.15) is 11.4 Å². The van der Waals surface area contributed by atoms with E-state index in [9.17, 15) is 14.4 Å². The molecule has 0 aromatic carbocycles. The Bertz CT molecular complexity index is 542. The first-order valence-corrected chi connectivity index (χ1v) is 6.99. The molecule has 0 fully saturated rings. The lowest BCUT2D eigenvalue weighted by Crippen LogP contribution is -2.31. The van der Waals surface area contributed by atoms with Gasteiger partial charge in [-0.1, -0.05) is 11.3 Å². The molecule has 0 bridgehead atoms. The van der Waals surface area contributed by atoms with Crippen molar-refractivity contribution in [1.29, 1.82) is 0 Å². The van der Waals surface area contributed by atoms with Crippen molar-refractivity contribution in [3.05, 3.63) is 10.6 Å². The van der Waals surface area contributed by atoms with E-state index in [0.717, 1.165) is 11.3 Å². The molecule has 0 spiro atoms. The Balaban J connectivity index is 2.96. The Hall–Kier alpha value is -2.16. The molecule has 0 aliphatic carbocycles. The van der Waals surface area contributed by atoms with Gasteiger partial charge in [0.25, 0.3) is 0 Å². The minimum atomic E-state index is -1.11. The number of carboxylic acids is 2. The van der Waals surface area contributed by atoms with Gasteiger partial charge < -0.3 is 19.8 Å². The molecular formula is C12H16N2O6S. The molecule has 116 valence electrons. The Kier molecular flexibility index (Phi) is 6.10. The number of thiazole rings is 1. The molecule has 0 atom stereocenters. The zero-order valence-electron chi connectivity index (χ0n) is 11.7. The third-order valence-electron chi connectivity index (χ3n) is 2.44. The maximum Gasteiger partial charge on any atom is 0.350 e. The van der Waals surface area contributed by atoms with E-state index in [2.05, 4.69) is 4.98 Å². The lowest BCUT2D eigenvalue weighted by Gasteiger charge is -2.18. The number of hydrogen-bond donors (Lipinski definition) is 2. The third kappa shape index (κ3) is 5.03. The highest BCUT2D eigenvalue weighted by molar-refractivity contribution is 7.17. The van der Waals surface area contributed by atoms with Gasteiger partial charge in [-0.2, -0.15) is 0 Å². The molecule has 2 N–H and O–H groups in total. The highest BCUT2D eigenvalue weighted by Crippen LogP contribution is 2.26. The minimum absolute atomic E-state index is 0.00312. The van der Waals surface area contributed by atoms with Crippen LogP contribution in [0.15, 0.2) is 0 Å². The van der Waals surface area contributed by atoms with Gasteiger partial charge >= 0.3 is 17.9 Å². The topological polar surface area (TPSA) is 117 Å². The summed E-state index contributed by atoms with van der Waals surface area (Å²) in [5.41, 5.74) is 0.430. The normalized spacial score (nSPS) is 10.2. The number of nitrogens with zero attached hydrogens (tertiary/aromatic N) is 2. The second kappa shape index (κ2) is 7.58. The van der Waals surface area contributed by atoms with Crippen LogP contribution >= 0.6 is 11.3 Å². The van der Waals surface area contributed by atoms with E-state index in [1.807, 2.05) is 0 Å². The van der Waals surface area contributed by atoms with Crippen LogP contribution in [0, 0.1) is 6.92 Å². The summed E-state index contributed by atoms with van der Waals surface area (Å²) in [5.74, 6) is -2.66. The van der Waals surface area contributed by atoms with E-state index in [-0.39, 0.29) is 31.0 Å². The summed E-state index contributed by atoms with van der Waals surface area (Å²) in [4.78, 5) is 38.9. The zero-order valence-corrected chi connectivity index (χ0v) is 12.5. The summed E-state index contributed by atoms with van der Waals surface area (Å²) in [5, 5.41) is 17.9. The molecule has 1 heterocycles. The second-order valence-electron chi connectivity index (χ2n) is 4.09. The average Bonchev–Trinajstić information content (AvgIpc) is 2.76. The maximum atomic E-state index is 11.7. The van der Waals surface area contributed by atoms with Crippen LogP contribution < -0.4 is 4.90 Å². The van der Waals surface area contributed by atoms with Crippen molar-refractivity contribution in [2.24, 2.45) is 0 Å². The van der Waals surface area contributed by atoms with E-state index < -0.39 is 17.9 Å². The molecule has 0 amide bonds. The van der Waals surface area contributed by atoms with Gasteiger partial charge in [0.15, 0.2) is 5.13 Å². The highest BCUT2D eigenvalue weighted by Gasteiger charge is 2.21. The maximum absolute atomic E-state index is 11.7. The summed E-state index contributed by atoms with van der Waals surface area (Å²) < 4.78 is 4.88. The number of rotatable bonds is 8. The van der Waals surface area contributed by atoms with Crippen LogP contribution in [0.1, 0.15) is 28.7 Å². The predicted molar refractivity (Wildman–Crippen MR) is 74.9 cm³/mol. The number of aromatic nitrogens is 1. The average molecular weight is 316 g/mol. The van der Waals surface area contributed by atoms with E-state index in [4.69, 9.17) is 14.9 Å². The van der Waals surface area contributed by atoms with Crippen LogP contribution in [-0.2, 0) is 14.3 Å². The summed E-state index contributed by atoms with van der Waals surface area (Å²) >= 11 is 0.993. The number of carboxylic acid groups (broad SMARTS) is 2. The van der Waals surface area contributed by atoms with E-state index in [0.29, 0.717) is 10.8 Å². The molecule has 0 saturated heterocycles. The summed E-state index contributed by atoms with van der Waals surface area (Å²) in [6.07, 6.45) is -0.222. The van der Waals surface area contributed by atoms with Crippen LogP contribution in [-0.4, -0.2) is 52.8 Å². The standard InChI is InChI=1S/C12H16N2O6S/c1-3-20-11(19)10-7(2)13-12(21-10)14(6-9(17)18)5-4-8(15)16/h3-6H2,1-2H3,(H,15,16)(H,17,18). The van der Waals surface area contributed by atoms with Crippen LogP contribution in [0.4, 0.5) is 5.13 Å². The molecule has 1 rings (SSSR count). The van der Waals surface area contributed by atoms with Gasteiger partial charge in [0.05, 0.1) is 18.7 Å². The van der Waals surface area contributed by atoms with Crippen LogP contribution in [0.3, 0.4) is 0 Å². The van der Waals surface area contributed by atoms with Gasteiger partial charge in [-0.3, -0.25) is 9.59 Å². The van der Waals surface area contributed by atoms with E-state index >= 15 is 0 Å². The number of carbonyl (C=O) groups is 3. The largest absolute Gasteiger partial charge is 0.481 e. The van der Waals surface area contributed by atoms with Crippen LogP contribution in [0.2, 0.25) is 0 Å².